The maximum Gasteiger partial charge on any atom is 0.163 e. The van der Waals surface area contributed by atoms with Crippen molar-refractivity contribution < 1.29 is 4.74 Å². The molecule has 0 aliphatic heterocycles. The summed E-state index contributed by atoms with van der Waals surface area (Å²) in [7, 11) is 0. The zero-order valence-corrected chi connectivity index (χ0v) is 12.4. The Kier molecular flexibility index (Phi) is 5.27. The SMILES string of the molecule is C=CC(=C)c1ccnc(-c2ccccc2OCCCC)n1. The molecule has 108 valence electrons. The molecule has 21 heavy (non-hydrogen) atoms. The van der Waals surface area contributed by atoms with Crippen LogP contribution in [0.15, 0.2) is 55.8 Å². The molecule has 0 saturated carbocycles. The molecular weight excluding hydrogens is 260 g/mol. The molecule has 0 fully saturated rings. The molecule has 0 spiro atoms. The van der Waals surface area contributed by atoms with Gasteiger partial charge < -0.3 is 4.74 Å². The van der Waals surface area contributed by atoms with Gasteiger partial charge in [-0.05, 0) is 30.2 Å². The van der Waals surface area contributed by atoms with Crippen LogP contribution in [0.25, 0.3) is 17.0 Å². The largest absolute Gasteiger partial charge is 0.493 e. The maximum absolute atomic E-state index is 5.84. The molecule has 2 rings (SSSR count). The fourth-order valence-corrected chi connectivity index (χ4v) is 1.88. The molecule has 1 aromatic carbocycles. The average molecular weight is 280 g/mol. The number of unbranched alkanes of at least 4 members (excludes halogenated alkanes) is 1. The Hall–Kier alpha value is -2.42. The van der Waals surface area contributed by atoms with Crippen LogP contribution >= 0.6 is 0 Å². The minimum atomic E-state index is 0.641. The first-order valence-corrected chi connectivity index (χ1v) is 7.13. The number of benzene rings is 1. The molecule has 1 aromatic heterocycles. The van der Waals surface area contributed by atoms with Crippen molar-refractivity contribution >= 4 is 5.57 Å². The van der Waals surface area contributed by atoms with Crippen LogP contribution in [0.2, 0.25) is 0 Å². The Morgan fingerprint density at radius 1 is 1.29 bits per heavy atom. The molecule has 0 amide bonds. The molecule has 0 N–H and O–H groups in total. The zero-order chi connectivity index (χ0) is 15.1. The Balaban J connectivity index is 2.33. The summed E-state index contributed by atoms with van der Waals surface area (Å²) in [5.74, 6) is 1.45. The van der Waals surface area contributed by atoms with Crippen LogP contribution in [0, 0.1) is 0 Å². The van der Waals surface area contributed by atoms with E-state index in [1.807, 2.05) is 30.3 Å². The lowest BCUT2D eigenvalue weighted by atomic mass is 10.1. The summed E-state index contributed by atoms with van der Waals surface area (Å²) in [6.07, 6.45) is 5.56. The zero-order valence-electron chi connectivity index (χ0n) is 12.4. The smallest absolute Gasteiger partial charge is 0.163 e. The van der Waals surface area contributed by atoms with Crippen molar-refractivity contribution in [2.45, 2.75) is 19.8 Å². The Bertz CT molecular complexity index is 635. The van der Waals surface area contributed by atoms with E-state index in [0.717, 1.165) is 35.4 Å². The summed E-state index contributed by atoms with van der Waals surface area (Å²) < 4.78 is 5.84. The van der Waals surface area contributed by atoms with E-state index in [0.29, 0.717) is 12.4 Å². The first kappa shape index (κ1) is 15.0. The van der Waals surface area contributed by atoms with E-state index >= 15 is 0 Å². The number of hydrogen-bond donors (Lipinski definition) is 0. The van der Waals surface area contributed by atoms with Crippen LogP contribution in [-0.2, 0) is 0 Å². The van der Waals surface area contributed by atoms with Crippen molar-refractivity contribution in [3.8, 4) is 17.1 Å². The van der Waals surface area contributed by atoms with Gasteiger partial charge in [-0.2, -0.15) is 0 Å². The molecule has 2 aromatic rings. The highest BCUT2D eigenvalue weighted by molar-refractivity contribution is 5.71. The van der Waals surface area contributed by atoms with Gasteiger partial charge in [0, 0.05) is 6.20 Å². The third kappa shape index (κ3) is 3.78. The van der Waals surface area contributed by atoms with Gasteiger partial charge in [-0.15, -0.1) is 0 Å². The summed E-state index contributed by atoms with van der Waals surface area (Å²) in [5.41, 5.74) is 2.45. The quantitative estimate of drug-likeness (QED) is 0.552. The van der Waals surface area contributed by atoms with Crippen LogP contribution in [-0.4, -0.2) is 16.6 Å². The lowest BCUT2D eigenvalue weighted by molar-refractivity contribution is 0.310. The van der Waals surface area contributed by atoms with Gasteiger partial charge in [0.2, 0.25) is 0 Å². The van der Waals surface area contributed by atoms with Crippen molar-refractivity contribution in [2.75, 3.05) is 6.61 Å². The molecule has 0 aliphatic carbocycles. The van der Waals surface area contributed by atoms with E-state index in [1.165, 1.54) is 0 Å². The van der Waals surface area contributed by atoms with Crippen molar-refractivity contribution in [1.29, 1.82) is 0 Å². The van der Waals surface area contributed by atoms with Gasteiger partial charge in [0.05, 0.1) is 17.9 Å². The molecule has 1 heterocycles. The van der Waals surface area contributed by atoms with Crippen molar-refractivity contribution in [3.63, 3.8) is 0 Å². The second kappa shape index (κ2) is 7.39. The second-order valence-electron chi connectivity index (χ2n) is 4.69. The first-order chi connectivity index (χ1) is 10.3. The lowest BCUT2D eigenvalue weighted by Gasteiger charge is -2.11. The van der Waals surface area contributed by atoms with E-state index in [4.69, 9.17) is 4.74 Å². The summed E-state index contributed by atoms with van der Waals surface area (Å²) >= 11 is 0. The summed E-state index contributed by atoms with van der Waals surface area (Å²) in [6.45, 7) is 10.5. The van der Waals surface area contributed by atoms with E-state index in [1.54, 1.807) is 12.3 Å². The topological polar surface area (TPSA) is 35.0 Å². The number of ether oxygens (including phenoxy) is 1. The Morgan fingerprint density at radius 2 is 2.10 bits per heavy atom. The van der Waals surface area contributed by atoms with Crippen LogP contribution in [0.3, 0.4) is 0 Å². The number of hydrogen-bond acceptors (Lipinski definition) is 3. The number of aromatic nitrogens is 2. The number of allylic oxidation sites excluding steroid dienone is 2. The molecular formula is C18H20N2O. The second-order valence-corrected chi connectivity index (χ2v) is 4.69. The highest BCUT2D eigenvalue weighted by Crippen LogP contribution is 2.28. The molecule has 0 bridgehead atoms. The number of rotatable bonds is 7. The van der Waals surface area contributed by atoms with Crippen molar-refractivity contribution in [3.05, 3.63) is 61.5 Å². The minimum Gasteiger partial charge on any atom is -0.493 e. The van der Waals surface area contributed by atoms with Gasteiger partial charge in [0.15, 0.2) is 5.82 Å². The van der Waals surface area contributed by atoms with Crippen molar-refractivity contribution in [1.82, 2.24) is 9.97 Å². The van der Waals surface area contributed by atoms with E-state index < -0.39 is 0 Å². The monoisotopic (exact) mass is 280 g/mol. The number of nitrogens with zero attached hydrogens (tertiary/aromatic N) is 2. The summed E-state index contributed by atoms with van der Waals surface area (Å²) in [5, 5.41) is 0. The highest BCUT2D eigenvalue weighted by Gasteiger charge is 2.09. The highest BCUT2D eigenvalue weighted by atomic mass is 16.5. The first-order valence-electron chi connectivity index (χ1n) is 7.13. The van der Waals surface area contributed by atoms with Gasteiger partial charge in [-0.25, -0.2) is 9.97 Å². The lowest BCUT2D eigenvalue weighted by Crippen LogP contribution is -2.00. The average Bonchev–Trinajstić information content (AvgIpc) is 2.55. The standard InChI is InChI=1S/C18H20N2O/c1-4-6-13-21-17-10-8-7-9-15(17)18-19-12-11-16(20-18)14(3)5-2/h5,7-12H,2-4,6,13H2,1H3. The summed E-state index contributed by atoms with van der Waals surface area (Å²) in [4.78, 5) is 8.89. The fourth-order valence-electron chi connectivity index (χ4n) is 1.88. The van der Waals surface area contributed by atoms with Gasteiger partial charge in [0.1, 0.15) is 5.75 Å². The van der Waals surface area contributed by atoms with Gasteiger partial charge in [0.25, 0.3) is 0 Å². The Morgan fingerprint density at radius 3 is 2.86 bits per heavy atom. The van der Waals surface area contributed by atoms with E-state index in [-0.39, 0.29) is 0 Å². The Labute approximate surface area is 126 Å². The molecule has 3 heteroatoms. The normalized spacial score (nSPS) is 10.1. The predicted molar refractivity (Wildman–Crippen MR) is 87.1 cm³/mol. The van der Waals surface area contributed by atoms with Crippen LogP contribution in [0.5, 0.6) is 5.75 Å². The predicted octanol–water partition coefficient (Wildman–Crippen LogP) is 4.52. The van der Waals surface area contributed by atoms with Gasteiger partial charge >= 0.3 is 0 Å². The molecule has 0 saturated heterocycles. The third-order valence-electron chi connectivity index (χ3n) is 3.11. The molecule has 0 aliphatic rings. The summed E-state index contributed by atoms with van der Waals surface area (Å²) in [6, 6.07) is 9.66. The van der Waals surface area contributed by atoms with E-state index in [9.17, 15) is 0 Å². The van der Waals surface area contributed by atoms with Crippen LogP contribution in [0.4, 0.5) is 0 Å². The van der Waals surface area contributed by atoms with Crippen LogP contribution < -0.4 is 4.74 Å². The van der Waals surface area contributed by atoms with Gasteiger partial charge in [-0.3, -0.25) is 0 Å². The molecule has 0 radical (unpaired) electrons. The fraction of sp³-hybridized carbons (Fsp3) is 0.222. The minimum absolute atomic E-state index is 0.641. The number of para-hydroxylation sites is 1. The third-order valence-corrected chi connectivity index (χ3v) is 3.11. The molecule has 3 nitrogen and oxygen atoms in total. The molecule has 0 unspecified atom stereocenters. The molecule has 0 atom stereocenters. The maximum atomic E-state index is 5.84. The van der Waals surface area contributed by atoms with Crippen molar-refractivity contribution in [2.24, 2.45) is 0 Å². The van der Waals surface area contributed by atoms with E-state index in [2.05, 4.69) is 30.0 Å². The van der Waals surface area contributed by atoms with Crippen LogP contribution in [0.1, 0.15) is 25.5 Å². The van der Waals surface area contributed by atoms with Gasteiger partial charge in [-0.1, -0.05) is 44.7 Å².